The Bertz CT molecular complexity index is 1290. The molecule has 3 heterocycles. The van der Waals surface area contributed by atoms with Gasteiger partial charge in [-0.05, 0) is 18.1 Å². The molecule has 2 aliphatic heterocycles. The van der Waals surface area contributed by atoms with Gasteiger partial charge in [-0.1, -0.05) is 12.1 Å². The second kappa shape index (κ2) is 12.9. The number of amides is 2. The summed E-state index contributed by atoms with van der Waals surface area (Å²) in [5, 5.41) is 19.9. The molecule has 1 atom stereocenters. The molecule has 12 nitrogen and oxygen atoms in total. The minimum absolute atomic E-state index is 0.220. The van der Waals surface area contributed by atoms with Gasteiger partial charge in [-0.3, -0.25) is 28.9 Å². The summed E-state index contributed by atoms with van der Waals surface area (Å²) in [6.07, 6.45) is -9.56. The Morgan fingerprint density at radius 2 is 1.50 bits per heavy atom. The van der Waals surface area contributed by atoms with E-state index in [1.165, 1.54) is 0 Å². The predicted molar refractivity (Wildman–Crippen MR) is 124 cm³/mol. The number of carboxylic acid groups (broad SMARTS) is 2. The number of piperidine rings is 1. The molecule has 1 unspecified atom stereocenters. The Morgan fingerprint density at radius 1 is 0.975 bits per heavy atom. The molecule has 1 aromatic carbocycles. The highest BCUT2D eigenvalue weighted by Gasteiger charge is 2.39. The monoisotopic (exact) mass is 585 g/mol. The van der Waals surface area contributed by atoms with Crippen LogP contribution >= 0.6 is 0 Å². The van der Waals surface area contributed by atoms with Gasteiger partial charge in [0.15, 0.2) is 0 Å². The standard InChI is InChI=1S/C18H23N5O3.2C2HF3O2/c1-21-16-12(11-22-9-7-19-8-10-22)3-2-4-13(16)23(18(21)26)14-5-6-15(24)20-17(14)25;2*3-2(4,5)1(6)7/h2-4,14,19H,5-11H2,1H3,(H,20,24,25);2*(H,6,7). The molecule has 0 aliphatic carbocycles. The van der Waals surface area contributed by atoms with E-state index in [0.717, 1.165) is 49.3 Å². The summed E-state index contributed by atoms with van der Waals surface area (Å²) in [7, 11) is 1.74. The number of alkyl halides is 6. The average Bonchev–Trinajstić information content (AvgIpc) is 3.10. The molecule has 0 saturated carbocycles. The highest BCUT2D eigenvalue weighted by atomic mass is 19.4. The first-order chi connectivity index (χ1) is 18.4. The maximum absolute atomic E-state index is 12.9. The van der Waals surface area contributed by atoms with E-state index in [4.69, 9.17) is 19.8 Å². The van der Waals surface area contributed by atoms with Crippen molar-refractivity contribution in [3.63, 3.8) is 0 Å². The lowest BCUT2D eigenvalue weighted by Crippen LogP contribution is -2.44. The van der Waals surface area contributed by atoms with E-state index in [9.17, 15) is 40.7 Å². The van der Waals surface area contributed by atoms with Gasteiger partial charge in [0.2, 0.25) is 11.8 Å². The van der Waals surface area contributed by atoms with Crippen LogP contribution in [0, 0.1) is 0 Å². The number of para-hydroxylation sites is 1. The molecule has 2 fully saturated rings. The van der Waals surface area contributed by atoms with Gasteiger partial charge in [0.1, 0.15) is 6.04 Å². The third-order valence-corrected chi connectivity index (χ3v) is 5.80. The number of carbonyl (C=O) groups excluding carboxylic acids is 2. The summed E-state index contributed by atoms with van der Waals surface area (Å²) in [5.41, 5.74) is 2.47. The van der Waals surface area contributed by atoms with Crippen LogP contribution in [-0.4, -0.2) is 86.5 Å². The maximum atomic E-state index is 12.9. The average molecular weight is 585 g/mol. The first-order valence-electron chi connectivity index (χ1n) is 11.5. The van der Waals surface area contributed by atoms with Gasteiger partial charge in [0.25, 0.3) is 0 Å². The lowest BCUT2D eigenvalue weighted by Gasteiger charge is -2.27. The van der Waals surface area contributed by atoms with E-state index in [0.29, 0.717) is 6.42 Å². The summed E-state index contributed by atoms with van der Waals surface area (Å²) in [6, 6.07) is 5.21. The number of carbonyl (C=O) groups is 4. The van der Waals surface area contributed by atoms with E-state index in [2.05, 4.69) is 15.5 Å². The number of aromatic nitrogens is 2. The summed E-state index contributed by atoms with van der Waals surface area (Å²) < 4.78 is 66.6. The van der Waals surface area contributed by atoms with E-state index in [1.54, 1.807) is 16.2 Å². The molecule has 2 saturated heterocycles. The number of hydrogen-bond donors (Lipinski definition) is 4. The number of imide groups is 1. The zero-order valence-corrected chi connectivity index (χ0v) is 20.8. The zero-order chi connectivity index (χ0) is 30.4. The van der Waals surface area contributed by atoms with Gasteiger partial charge in [-0.2, -0.15) is 26.3 Å². The fourth-order valence-electron chi connectivity index (χ4n) is 3.99. The molecule has 0 bridgehead atoms. The summed E-state index contributed by atoms with van der Waals surface area (Å²) >= 11 is 0. The Labute approximate surface area is 221 Å². The van der Waals surface area contributed by atoms with Crippen LogP contribution in [0.25, 0.3) is 11.0 Å². The second-order valence-corrected chi connectivity index (χ2v) is 8.60. The smallest absolute Gasteiger partial charge is 0.475 e. The lowest BCUT2D eigenvalue weighted by molar-refractivity contribution is -0.193. The number of fused-ring (bicyclic) bond motifs is 1. The third-order valence-electron chi connectivity index (χ3n) is 5.80. The van der Waals surface area contributed by atoms with Crippen LogP contribution in [0.5, 0.6) is 0 Å². The highest BCUT2D eigenvalue weighted by molar-refractivity contribution is 6.00. The largest absolute Gasteiger partial charge is 0.490 e. The van der Waals surface area contributed by atoms with Crippen molar-refractivity contribution in [1.82, 2.24) is 24.7 Å². The molecule has 2 aromatic rings. The van der Waals surface area contributed by atoms with Crippen LogP contribution in [0.15, 0.2) is 23.0 Å². The molecule has 4 rings (SSSR count). The summed E-state index contributed by atoms with van der Waals surface area (Å²) in [4.78, 5) is 56.8. The maximum Gasteiger partial charge on any atom is 0.490 e. The minimum atomic E-state index is -5.08. The van der Waals surface area contributed by atoms with Crippen molar-refractivity contribution in [2.24, 2.45) is 7.05 Å². The molecule has 40 heavy (non-hydrogen) atoms. The van der Waals surface area contributed by atoms with Crippen LogP contribution in [-0.2, 0) is 32.8 Å². The molecular formula is C22H25F6N5O7. The van der Waals surface area contributed by atoms with Crippen LogP contribution in [0.1, 0.15) is 24.4 Å². The number of rotatable bonds is 3. The Kier molecular flexibility index (Phi) is 10.5. The molecule has 2 aliphatic rings. The van der Waals surface area contributed by atoms with Crippen molar-refractivity contribution in [2.45, 2.75) is 37.8 Å². The number of aliphatic carboxylic acids is 2. The molecule has 0 spiro atoms. The summed E-state index contributed by atoms with van der Waals surface area (Å²) in [6.45, 7) is 4.64. The Morgan fingerprint density at radius 3 is 1.98 bits per heavy atom. The fraction of sp³-hybridized carbons (Fsp3) is 0.500. The van der Waals surface area contributed by atoms with Crippen LogP contribution in [0.4, 0.5) is 26.3 Å². The van der Waals surface area contributed by atoms with Crippen molar-refractivity contribution in [1.29, 1.82) is 0 Å². The number of nitrogens with one attached hydrogen (secondary N) is 2. The number of carboxylic acids is 2. The number of aryl methyl sites for hydroxylation is 1. The highest BCUT2D eigenvalue weighted by Crippen LogP contribution is 2.25. The Hall–Kier alpha value is -3.93. The van der Waals surface area contributed by atoms with Crippen molar-refractivity contribution in [3.8, 4) is 0 Å². The van der Waals surface area contributed by atoms with Gasteiger partial charge in [0.05, 0.1) is 11.0 Å². The number of halogens is 6. The van der Waals surface area contributed by atoms with E-state index in [1.807, 2.05) is 18.2 Å². The molecule has 4 N–H and O–H groups in total. The number of nitrogens with zero attached hydrogens (tertiary/aromatic N) is 3. The molecule has 1 aromatic heterocycles. The van der Waals surface area contributed by atoms with Crippen molar-refractivity contribution in [2.75, 3.05) is 26.2 Å². The number of piperazine rings is 1. The number of hydrogen-bond acceptors (Lipinski definition) is 7. The van der Waals surface area contributed by atoms with E-state index >= 15 is 0 Å². The topological polar surface area (TPSA) is 163 Å². The normalized spacial score (nSPS) is 18.2. The lowest BCUT2D eigenvalue weighted by atomic mass is 10.1. The third kappa shape index (κ3) is 8.28. The molecule has 222 valence electrons. The molecule has 0 radical (unpaired) electrons. The Balaban J connectivity index is 0.000000333. The fourth-order valence-corrected chi connectivity index (χ4v) is 3.99. The van der Waals surface area contributed by atoms with Crippen molar-refractivity contribution in [3.05, 3.63) is 34.2 Å². The quantitative estimate of drug-likeness (QED) is 0.304. The minimum Gasteiger partial charge on any atom is -0.475 e. The van der Waals surface area contributed by atoms with E-state index in [-0.39, 0.29) is 18.0 Å². The van der Waals surface area contributed by atoms with Gasteiger partial charge < -0.3 is 15.5 Å². The molecule has 2 amide bonds. The predicted octanol–water partition coefficient (Wildman–Crippen LogP) is 0.990. The van der Waals surface area contributed by atoms with Crippen molar-refractivity contribution >= 4 is 34.8 Å². The van der Waals surface area contributed by atoms with Crippen molar-refractivity contribution < 1.29 is 55.7 Å². The van der Waals surface area contributed by atoms with Crippen LogP contribution in [0.2, 0.25) is 0 Å². The zero-order valence-electron chi connectivity index (χ0n) is 20.8. The van der Waals surface area contributed by atoms with Crippen LogP contribution in [0.3, 0.4) is 0 Å². The first kappa shape index (κ1) is 32.3. The first-order valence-corrected chi connectivity index (χ1v) is 11.5. The summed E-state index contributed by atoms with van der Waals surface area (Å²) in [5.74, 6) is -6.19. The van der Waals surface area contributed by atoms with Gasteiger partial charge >= 0.3 is 30.0 Å². The second-order valence-electron chi connectivity index (χ2n) is 8.60. The number of benzene rings is 1. The molecule has 18 heteroatoms. The van der Waals surface area contributed by atoms with Crippen LogP contribution < -0.4 is 16.3 Å². The van der Waals surface area contributed by atoms with E-state index < -0.39 is 36.2 Å². The van der Waals surface area contributed by atoms with Gasteiger partial charge in [0, 0.05) is 46.2 Å². The van der Waals surface area contributed by atoms with Gasteiger partial charge in [-0.25, -0.2) is 14.4 Å². The van der Waals surface area contributed by atoms with Gasteiger partial charge in [-0.15, -0.1) is 0 Å². The number of imidazole rings is 1. The SMILES string of the molecule is Cn1c(=O)n(C2CCC(=O)NC2=O)c2cccc(CN3CCNCC3)c21.O=C(O)C(F)(F)F.O=C(O)C(F)(F)F. The molecular weight excluding hydrogens is 560 g/mol.